The first-order chi connectivity index (χ1) is 28.7. The summed E-state index contributed by atoms with van der Waals surface area (Å²) in [6, 6.07) is 56.0. The number of nitrogens with zero attached hydrogens (tertiary/aromatic N) is 4. The molecular weight excluding hydrogens is 705 g/mol. The molecule has 12 rings (SSSR count). The largest absolute Gasteiger partial charge is 0.308 e. The summed E-state index contributed by atoms with van der Waals surface area (Å²) >= 11 is 0. The molecule has 4 heteroatoms. The van der Waals surface area contributed by atoms with Crippen molar-refractivity contribution in [2.45, 2.75) is 26.7 Å². The third-order valence-corrected chi connectivity index (χ3v) is 12.4. The second-order valence-corrected chi connectivity index (χ2v) is 15.5. The molecule has 0 spiro atoms. The van der Waals surface area contributed by atoms with E-state index in [0.717, 1.165) is 29.9 Å². The van der Waals surface area contributed by atoms with Crippen LogP contribution in [0.25, 0.3) is 111 Å². The van der Waals surface area contributed by atoms with E-state index in [1.807, 2.05) is 0 Å². The molecule has 0 radical (unpaired) electrons. The second kappa shape index (κ2) is 12.6. The van der Waals surface area contributed by atoms with Gasteiger partial charge in [0.15, 0.2) is 0 Å². The van der Waals surface area contributed by atoms with Gasteiger partial charge in [-0.25, -0.2) is 0 Å². The second-order valence-electron chi connectivity index (χ2n) is 15.5. The van der Waals surface area contributed by atoms with E-state index in [1.54, 1.807) is 0 Å². The Morgan fingerprint density at radius 3 is 1.34 bits per heavy atom. The Labute approximate surface area is 335 Å². The summed E-state index contributed by atoms with van der Waals surface area (Å²) in [7, 11) is 0. The van der Waals surface area contributed by atoms with Crippen LogP contribution in [0.5, 0.6) is 0 Å². The van der Waals surface area contributed by atoms with Gasteiger partial charge in [0.25, 0.3) is 0 Å². The van der Waals surface area contributed by atoms with Crippen LogP contribution in [-0.4, -0.2) is 18.3 Å². The minimum absolute atomic E-state index is 1.05. The molecule has 1 aliphatic carbocycles. The molecule has 1 aliphatic rings. The molecule has 0 aliphatic heterocycles. The lowest BCUT2D eigenvalue weighted by atomic mass is 10.1. The molecule has 11 aromatic rings. The van der Waals surface area contributed by atoms with Crippen LogP contribution in [0.1, 0.15) is 26.7 Å². The van der Waals surface area contributed by atoms with Crippen molar-refractivity contribution in [2.75, 3.05) is 0 Å². The highest BCUT2D eigenvalue weighted by Gasteiger charge is 2.23. The van der Waals surface area contributed by atoms with Gasteiger partial charge in [0.2, 0.25) is 0 Å². The molecule has 7 aromatic carbocycles. The predicted octanol–water partition coefficient (Wildman–Crippen LogP) is 12.7. The van der Waals surface area contributed by atoms with E-state index >= 15 is 0 Å². The third kappa shape index (κ3) is 4.46. The fourth-order valence-corrected chi connectivity index (χ4v) is 10.1. The fourth-order valence-electron chi connectivity index (χ4n) is 10.1. The Kier molecular flexibility index (Phi) is 7.15. The van der Waals surface area contributed by atoms with E-state index in [4.69, 9.17) is 0 Å². The van der Waals surface area contributed by atoms with Gasteiger partial charge in [-0.2, -0.15) is 0 Å². The van der Waals surface area contributed by atoms with Crippen molar-refractivity contribution in [3.05, 3.63) is 180 Å². The standard InChI is InChI=1S/C54H40N4/c1-3-16-35(4-2)55-47-23-12-8-19-39(47)43-31-32-44-41-21-10-14-25-49(41)57(52(44)51(43)55)37-27-29-38(30-28-37)58-50-26-15-11-22-42(50)46-34-33-45-40-20-9-13-24-48(40)56(53(45)54(46)58)36-17-6-5-7-18-36/h3-7,9-11,13-34H,8,12H2,1-2H3/b16-3-,35-4+. The smallest absolute Gasteiger partial charge is 0.0788 e. The highest BCUT2D eigenvalue weighted by Crippen LogP contribution is 2.42. The number of benzene rings is 7. The number of hydrogen-bond donors (Lipinski definition) is 0. The maximum absolute atomic E-state index is 2.50. The topological polar surface area (TPSA) is 19.7 Å². The molecular formula is C54H40N4. The number of para-hydroxylation sites is 4. The molecule has 4 aromatic heterocycles. The number of fused-ring (bicyclic) bond motifs is 14. The molecule has 4 heterocycles. The van der Waals surface area contributed by atoms with Crippen LogP contribution in [0.4, 0.5) is 0 Å². The number of hydrogen-bond acceptors (Lipinski definition) is 0. The van der Waals surface area contributed by atoms with Crippen LogP contribution in [0, 0.1) is 0 Å². The van der Waals surface area contributed by atoms with Gasteiger partial charge < -0.3 is 18.3 Å². The van der Waals surface area contributed by atoms with E-state index in [2.05, 4.69) is 214 Å². The fraction of sp³-hybridized carbons (Fsp3) is 0.0741. The number of allylic oxidation sites excluding steroid dienone is 4. The minimum atomic E-state index is 1.05. The molecule has 0 bridgehead atoms. The van der Waals surface area contributed by atoms with Crippen molar-refractivity contribution in [1.29, 1.82) is 0 Å². The third-order valence-electron chi connectivity index (χ3n) is 12.4. The van der Waals surface area contributed by atoms with E-state index in [0.29, 0.717) is 0 Å². The Hall–Kier alpha value is -7.30. The average molecular weight is 745 g/mol. The summed E-state index contributed by atoms with van der Waals surface area (Å²) in [5.74, 6) is 0. The van der Waals surface area contributed by atoms with E-state index < -0.39 is 0 Å². The maximum Gasteiger partial charge on any atom is 0.0788 e. The van der Waals surface area contributed by atoms with E-state index in [9.17, 15) is 0 Å². The summed E-state index contributed by atoms with van der Waals surface area (Å²) in [5.41, 5.74) is 13.1. The zero-order chi connectivity index (χ0) is 38.5. The summed E-state index contributed by atoms with van der Waals surface area (Å²) in [4.78, 5) is 0. The zero-order valence-electron chi connectivity index (χ0n) is 32.5. The summed E-state index contributed by atoms with van der Waals surface area (Å²) in [5, 5.41) is 11.4. The van der Waals surface area contributed by atoms with Crippen LogP contribution in [-0.2, 0) is 0 Å². The van der Waals surface area contributed by atoms with E-state index in [-0.39, 0.29) is 0 Å². The normalized spacial score (nSPS) is 13.5. The first-order valence-corrected chi connectivity index (χ1v) is 20.4. The Balaban J connectivity index is 1.17. The van der Waals surface area contributed by atoms with Crippen molar-refractivity contribution < 1.29 is 0 Å². The van der Waals surface area contributed by atoms with Crippen LogP contribution in [0.3, 0.4) is 0 Å². The SMILES string of the molecule is C/C=C\C(=C/C)n1c2c(c3ccc4c5ccccc5n(-c5ccc(-n6c7ccccc7c7ccc8c9ccccc9n(-c9ccccc9)c8c76)cc5)c4c31)=CCCC=2. The molecule has 0 unspecified atom stereocenters. The average Bonchev–Trinajstić information content (AvgIpc) is 4.01. The van der Waals surface area contributed by atoms with Gasteiger partial charge in [-0.1, -0.05) is 121 Å². The molecule has 0 N–H and O–H groups in total. The summed E-state index contributed by atoms with van der Waals surface area (Å²) in [6.07, 6.45) is 13.6. The predicted molar refractivity (Wildman–Crippen MR) is 247 cm³/mol. The maximum atomic E-state index is 2.50. The molecule has 0 amide bonds. The van der Waals surface area contributed by atoms with Crippen molar-refractivity contribution in [3.8, 4) is 17.1 Å². The first-order valence-electron chi connectivity index (χ1n) is 20.4. The molecule has 4 nitrogen and oxygen atoms in total. The highest BCUT2D eigenvalue weighted by molar-refractivity contribution is 6.24. The van der Waals surface area contributed by atoms with Crippen LogP contribution in [0.2, 0.25) is 0 Å². The Morgan fingerprint density at radius 2 is 0.845 bits per heavy atom. The van der Waals surface area contributed by atoms with Crippen LogP contribution >= 0.6 is 0 Å². The Bertz CT molecular complexity index is 3670. The number of aromatic nitrogens is 4. The van der Waals surface area contributed by atoms with Gasteiger partial charge in [0.1, 0.15) is 0 Å². The summed E-state index contributed by atoms with van der Waals surface area (Å²) < 4.78 is 9.94. The highest BCUT2D eigenvalue weighted by atomic mass is 15.1. The van der Waals surface area contributed by atoms with Crippen molar-refractivity contribution in [3.63, 3.8) is 0 Å². The van der Waals surface area contributed by atoms with Gasteiger partial charge in [0.05, 0.1) is 38.6 Å². The van der Waals surface area contributed by atoms with Gasteiger partial charge in [-0.3, -0.25) is 0 Å². The lowest BCUT2D eigenvalue weighted by Crippen LogP contribution is -2.30. The van der Waals surface area contributed by atoms with Crippen molar-refractivity contribution >= 4 is 94.2 Å². The molecule has 0 fully saturated rings. The van der Waals surface area contributed by atoms with Crippen LogP contribution in [0.15, 0.2) is 170 Å². The molecule has 276 valence electrons. The minimum Gasteiger partial charge on any atom is -0.308 e. The monoisotopic (exact) mass is 744 g/mol. The molecule has 58 heavy (non-hydrogen) atoms. The lowest BCUT2D eigenvalue weighted by molar-refractivity contribution is 1.04. The first kappa shape index (κ1) is 32.9. The molecule has 0 atom stereocenters. The van der Waals surface area contributed by atoms with Gasteiger partial charge in [-0.05, 0) is 87.4 Å². The molecule has 0 saturated heterocycles. The number of rotatable bonds is 5. The van der Waals surface area contributed by atoms with Crippen molar-refractivity contribution in [1.82, 2.24) is 18.3 Å². The van der Waals surface area contributed by atoms with Crippen molar-refractivity contribution in [2.24, 2.45) is 0 Å². The van der Waals surface area contributed by atoms with Gasteiger partial charge in [0, 0.05) is 71.0 Å². The van der Waals surface area contributed by atoms with Gasteiger partial charge in [-0.15, -0.1) is 0 Å². The zero-order valence-corrected chi connectivity index (χ0v) is 32.5. The Morgan fingerprint density at radius 1 is 0.414 bits per heavy atom. The van der Waals surface area contributed by atoms with E-state index in [1.165, 1.54) is 92.6 Å². The summed E-state index contributed by atoms with van der Waals surface area (Å²) in [6.45, 7) is 4.26. The molecule has 0 saturated carbocycles. The lowest BCUT2D eigenvalue weighted by Gasteiger charge is -2.15. The van der Waals surface area contributed by atoms with Gasteiger partial charge >= 0.3 is 0 Å². The van der Waals surface area contributed by atoms with Crippen LogP contribution < -0.4 is 10.6 Å². The quantitative estimate of drug-likeness (QED) is 0.156.